The summed E-state index contributed by atoms with van der Waals surface area (Å²) >= 11 is 0. The quantitative estimate of drug-likeness (QED) is 0.274. The lowest BCUT2D eigenvalue weighted by Gasteiger charge is -2.52. The van der Waals surface area contributed by atoms with Crippen LogP contribution in [0.4, 0.5) is 0 Å². The fourth-order valence-electron chi connectivity index (χ4n) is 7.06. The molecular formula is C28H44O2. The van der Waals surface area contributed by atoms with Crippen LogP contribution in [0.15, 0.2) is 35.5 Å². The van der Waals surface area contributed by atoms with Crippen LogP contribution in [-0.2, 0) is 4.79 Å². The summed E-state index contributed by atoms with van der Waals surface area (Å²) in [7, 11) is 0. The van der Waals surface area contributed by atoms with Crippen molar-refractivity contribution in [3.8, 4) is 0 Å². The van der Waals surface area contributed by atoms with E-state index in [1.165, 1.54) is 51.0 Å². The fourth-order valence-corrected chi connectivity index (χ4v) is 7.06. The van der Waals surface area contributed by atoms with Crippen LogP contribution in [0.2, 0.25) is 0 Å². The summed E-state index contributed by atoms with van der Waals surface area (Å²) in [4.78, 5) is 10.9. The minimum absolute atomic E-state index is 0.265. The SMILES string of the molecule is CCCC1(C2CCC3C(C2)C(C(C)(C)C)=CCC3(C)C)CC1/C=C/C(C)=C/C(=O)O. The molecule has 168 valence electrons. The lowest BCUT2D eigenvalue weighted by atomic mass is 9.53. The topological polar surface area (TPSA) is 37.3 Å². The van der Waals surface area contributed by atoms with Gasteiger partial charge in [-0.3, -0.25) is 0 Å². The van der Waals surface area contributed by atoms with Gasteiger partial charge in [-0.25, -0.2) is 4.79 Å². The first-order chi connectivity index (χ1) is 13.9. The van der Waals surface area contributed by atoms with Crippen LogP contribution in [0.3, 0.4) is 0 Å². The summed E-state index contributed by atoms with van der Waals surface area (Å²) in [6.07, 6.45) is 17.4. The van der Waals surface area contributed by atoms with Gasteiger partial charge in [0, 0.05) is 6.08 Å². The first-order valence-electron chi connectivity index (χ1n) is 12.2. The highest BCUT2D eigenvalue weighted by Gasteiger charge is 2.59. The third-order valence-corrected chi connectivity index (χ3v) is 8.62. The predicted octanol–water partition coefficient (Wildman–Crippen LogP) is 7.81. The zero-order chi connectivity index (χ0) is 22.3. The average molecular weight is 413 g/mol. The van der Waals surface area contributed by atoms with Gasteiger partial charge in [0.25, 0.3) is 0 Å². The molecule has 3 aliphatic carbocycles. The Hall–Kier alpha value is -1.31. The van der Waals surface area contributed by atoms with Crippen LogP contribution in [-0.4, -0.2) is 11.1 Å². The van der Waals surface area contributed by atoms with Gasteiger partial charge in [0.2, 0.25) is 0 Å². The van der Waals surface area contributed by atoms with Gasteiger partial charge in [0.15, 0.2) is 0 Å². The van der Waals surface area contributed by atoms with Crippen molar-refractivity contribution in [2.75, 3.05) is 0 Å². The molecule has 0 aliphatic heterocycles. The number of fused-ring (bicyclic) bond motifs is 1. The maximum Gasteiger partial charge on any atom is 0.328 e. The van der Waals surface area contributed by atoms with E-state index in [9.17, 15) is 4.79 Å². The van der Waals surface area contributed by atoms with Gasteiger partial charge in [0.1, 0.15) is 0 Å². The number of allylic oxidation sites excluding steroid dienone is 5. The Morgan fingerprint density at radius 2 is 1.97 bits per heavy atom. The highest BCUT2D eigenvalue weighted by atomic mass is 16.4. The van der Waals surface area contributed by atoms with Crippen molar-refractivity contribution in [1.82, 2.24) is 0 Å². The number of rotatable bonds is 6. The third kappa shape index (κ3) is 4.63. The molecule has 0 radical (unpaired) electrons. The number of aliphatic carboxylic acids is 1. The number of hydrogen-bond donors (Lipinski definition) is 1. The number of carbonyl (C=O) groups is 1. The molecule has 0 amide bonds. The van der Waals surface area contributed by atoms with Crippen LogP contribution < -0.4 is 0 Å². The number of hydrogen-bond acceptors (Lipinski definition) is 1. The molecule has 0 spiro atoms. The zero-order valence-corrected chi connectivity index (χ0v) is 20.4. The first-order valence-corrected chi connectivity index (χ1v) is 12.2. The Morgan fingerprint density at radius 1 is 1.27 bits per heavy atom. The minimum Gasteiger partial charge on any atom is -0.478 e. The summed E-state index contributed by atoms with van der Waals surface area (Å²) in [5.41, 5.74) is 3.70. The summed E-state index contributed by atoms with van der Waals surface area (Å²) < 4.78 is 0. The summed E-state index contributed by atoms with van der Waals surface area (Å²) in [5, 5.41) is 8.98. The molecule has 2 nitrogen and oxygen atoms in total. The van der Waals surface area contributed by atoms with E-state index < -0.39 is 5.97 Å². The van der Waals surface area contributed by atoms with Crippen LogP contribution >= 0.6 is 0 Å². The molecule has 0 heterocycles. The second-order valence-electron chi connectivity index (χ2n) is 12.2. The van der Waals surface area contributed by atoms with Crippen LogP contribution in [0.25, 0.3) is 0 Å². The second kappa shape index (κ2) is 8.32. The molecule has 5 unspecified atom stereocenters. The van der Waals surface area contributed by atoms with Gasteiger partial charge >= 0.3 is 5.97 Å². The van der Waals surface area contributed by atoms with Crippen LogP contribution in [0, 0.1) is 39.9 Å². The molecule has 0 aromatic carbocycles. The Morgan fingerprint density at radius 3 is 2.57 bits per heavy atom. The molecule has 0 saturated heterocycles. The van der Waals surface area contributed by atoms with E-state index in [0.29, 0.717) is 16.7 Å². The van der Waals surface area contributed by atoms with Gasteiger partial charge in [-0.2, -0.15) is 0 Å². The molecule has 30 heavy (non-hydrogen) atoms. The predicted molar refractivity (Wildman–Crippen MR) is 126 cm³/mol. The Labute approximate surface area is 184 Å². The summed E-state index contributed by atoms with van der Waals surface area (Å²) in [6.45, 7) is 16.4. The Balaban J connectivity index is 1.81. The van der Waals surface area contributed by atoms with Gasteiger partial charge in [-0.1, -0.05) is 71.8 Å². The first kappa shape index (κ1) is 23.4. The van der Waals surface area contributed by atoms with Crippen LogP contribution in [0.1, 0.15) is 93.4 Å². The van der Waals surface area contributed by atoms with Crippen molar-refractivity contribution in [3.63, 3.8) is 0 Å². The lowest BCUT2D eigenvalue weighted by Crippen LogP contribution is -2.43. The van der Waals surface area contributed by atoms with E-state index in [4.69, 9.17) is 5.11 Å². The largest absolute Gasteiger partial charge is 0.478 e. The molecule has 2 heteroatoms. The van der Waals surface area contributed by atoms with Crippen molar-refractivity contribution in [2.24, 2.45) is 39.9 Å². The minimum atomic E-state index is -0.854. The van der Waals surface area contributed by atoms with E-state index in [0.717, 1.165) is 23.3 Å². The zero-order valence-electron chi connectivity index (χ0n) is 20.4. The maximum absolute atomic E-state index is 10.9. The summed E-state index contributed by atoms with van der Waals surface area (Å²) in [5.74, 6) is 2.12. The van der Waals surface area contributed by atoms with E-state index in [1.807, 2.05) is 13.0 Å². The van der Waals surface area contributed by atoms with Crippen molar-refractivity contribution in [3.05, 3.63) is 35.5 Å². The molecule has 2 saturated carbocycles. The van der Waals surface area contributed by atoms with Gasteiger partial charge in [-0.05, 0) is 90.9 Å². The van der Waals surface area contributed by atoms with E-state index in [2.05, 4.69) is 53.7 Å². The molecule has 1 N–H and O–H groups in total. The second-order valence-corrected chi connectivity index (χ2v) is 12.2. The van der Waals surface area contributed by atoms with Crippen molar-refractivity contribution in [1.29, 1.82) is 0 Å². The van der Waals surface area contributed by atoms with E-state index in [-0.39, 0.29) is 5.41 Å². The van der Waals surface area contributed by atoms with Crippen molar-refractivity contribution in [2.45, 2.75) is 93.4 Å². The molecule has 0 bridgehead atoms. The van der Waals surface area contributed by atoms with E-state index >= 15 is 0 Å². The highest BCUT2D eigenvalue weighted by molar-refractivity contribution is 5.81. The normalized spacial score (nSPS) is 36.4. The number of carboxylic acids is 1. The van der Waals surface area contributed by atoms with Gasteiger partial charge in [0.05, 0.1) is 0 Å². The van der Waals surface area contributed by atoms with Crippen molar-refractivity contribution >= 4 is 5.97 Å². The van der Waals surface area contributed by atoms with E-state index in [1.54, 1.807) is 5.57 Å². The lowest BCUT2D eigenvalue weighted by molar-refractivity contribution is -0.131. The molecule has 5 atom stereocenters. The standard InChI is InChI=1S/C28H44O2/c1-8-14-28(18-21(28)10-9-19(2)16-25(29)30)20-11-12-24-22(17-20)23(26(3,4)5)13-15-27(24,6)7/h9-10,13,16,20-22,24H,8,11-12,14-15,17-18H2,1-7H3,(H,29,30)/b10-9+,19-16+. The number of carboxylic acid groups (broad SMARTS) is 1. The summed E-state index contributed by atoms with van der Waals surface area (Å²) in [6, 6.07) is 0. The fraction of sp³-hybridized carbons (Fsp3) is 0.750. The van der Waals surface area contributed by atoms with Gasteiger partial charge < -0.3 is 5.11 Å². The molecule has 3 aliphatic rings. The molecule has 2 fully saturated rings. The van der Waals surface area contributed by atoms with Crippen LogP contribution in [0.5, 0.6) is 0 Å². The smallest absolute Gasteiger partial charge is 0.328 e. The molecule has 3 rings (SSSR count). The molecule has 0 aromatic heterocycles. The van der Waals surface area contributed by atoms with Gasteiger partial charge in [-0.15, -0.1) is 0 Å². The average Bonchev–Trinajstić information content (AvgIpc) is 3.32. The Bertz CT molecular complexity index is 745. The monoisotopic (exact) mass is 412 g/mol. The third-order valence-electron chi connectivity index (χ3n) is 8.62. The molecular weight excluding hydrogens is 368 g/mol. The van der Waals surface area contributed by atoms with Crippen molar-refractivity contribution < 1.29 is 9.90 Å². The molecule has 0 aromatic rings. The maximum atomic E-state index is 10.9. The Kier molecular flexibility index (Phi) is 6.48. The highest BCUT2D eigenvalue weighted by Crippen LogP contribution is 2.67.